The van der Waals surface area contributed by atoms with Crippen molar-refractivity contribution in [1.82, 2.24) is 10.3 Å². The summed E-state index contributed by atoms with van der Waals surface area (Å²) in [6, 6.07) is 6.73. The quantitative estimate of drug-likeness (QED) is 0.879. The van der Waals surface area contributed by atoms with Crippen LogP contribution < -0.4 is 10.1 Å². The molecule has 2 aromatic rings. The molecule has 3 nitrogen and oxygen atoms in total. The summed E-state index contributed by atoms with van der Waals surface area (Å²) in [4.78, 5) is 5.61. The van der Waals surface area contributed by atoms with E-state index in [1.54, 1.807) is 23.5 Å². The average Bonchev–Trinajstić information content (AvgIpc) is 3.16. The fraction of sp³-hybridized carbons (Fsp3) is 0.438. The maximum Gasteiger partial charge on any atom is 0.140 e. The summed E-state index contributed by atoms with van der Waals surface area (Å²) in [6.07, 6.45) is 7.18. The number of rotatable bonds is 6. The number of nitrogens with zero attached hydrogens (tertiary/aromatic N) is 1. The zero-order valence-electron chi connectivity index (χ0n) is 11.8. The summed E-state index contributed by atoms with van der Waals surface area (Å²) in [7, 11) is 0. The van der Waals surface area contributed by atoms with Gasteiger partial charge in [0.05, 0.1) is 0 Å². The third kappa shape index (κ3) is 4.25. The third-order valence-electron chi connectivity index (χ3n) is 3.70. The van der Waals surface area contributed by atoms with Crippen molar-refractivity contribution < 1.29 is 9.13 Å². The van der Waals surface area contributed by atoms with Crippen LogP contribution in [0.3, 0.4) is 0 Å². The zero-order valence-corrected chi connectivity index (χ0v) is 12.7. The molecule has 0 radical (unpaired) electrons. The first-order chi connectivity index (χ1) is 10.3. The summed E-state index contributed by atoms with van der Waals surface area (Å²) in [5, 5.41) is 4.53. The van der Waals surface area contributed by atoms with Crippen LogP contribution in [0.25, 0.3) is 0 Å². The fourth-order valence-corrected chi connectivity index (χ4v) is 3.33. The van der Waals surface area contributed by atoms with Gasteiger partial charge < -0.3 is 10.1 Å². The van der Waals surface area contributed by atoms with E-state index in [4.69, 9.17) is 4.74 Å². The van der Waals surface area contributed by atoms with Crippen molar-refractivity contribution in [2.45, 2.75) is 44.9 Å². The maximum atomic E-state index is 12.8. The second-order valence-corrected chi connectivity index (χ2v) is 6.52. The lowest BCUT2D eigenvalue weighted by atomic mass is 10.2. The molecule has 0 saturated heterocycles. The number of hydrogen-bond donors (Lipinski definition) is 1. The van der Waals surface area contributed by atoms with Gasteiger partial charge in [0.25, 0.3) is 0 Å². The molecule has 1 aliphatic rings. The number of thiazole rings is 1. The fourth-order valence-electron chi connectivity index (χ4n) is 2.55. The van der Waals surface area contributed by atoms with Crippen LogP contribution in [0.5, 0.6) is 5.75 Å². The van der Waals surface area contributed by atoms with Crippen molar-refractivity contribution in [2.75, 3.05) is 0 Å². The van der Waals surface area contributed by atoms with Crippen LogP contribution in [0.1, 0.15) is 35.6 Å². The van der Waals surface area contributed by atoms with E-state index in [0.717, 1.165) is 11.6 Å². The molecule has 1 aliphatic carbocycles. The standard InChI is InChI=1S/C16H19FN2OS/c17-12-5-7-14(8-6-12)20-11-16-19-10-15(21-16)9-18-13-3-1-2-4-13/h5-8,10,13,18H,1-4,9,11H2. The zero-order chi connectivity index (χ0) is 14.5. The second-order valence-electron chi connectivity index (χ2n) is 5.33. The van der Waals surface area contributed by atoms with E-state index in [9.17, 15) is 4.39 Å². The van der Waals surface area contributed by atoms with Crippen molar-refractivity contribution in [3.05, 3.63) is 46.2 Å². The summed E-state index contributed by atoms with van der Waals surface area (Å²) in [6.45, 7) is 1.32. The van der Waals surface area contributed by atoms with Crippen LogP contribution in [0.4, 0.5) is 4.39 Å². The van der Waals surface area contributed by atoms with Gasteiger partial charge in [-0.2, -0.15) is 0 Å². The van der Waals surface area contributed by atoms with Crippen molar-refractivity contribution in [3.63, 3.8) is 0 Å². The highest BCUT2D eigenvalue weighted by Gasteiger charge is 2.14. The van der Waals surface area contributed by atoms with Gasteiger partial charge in [0.15, 0.2) is 0 Å². The number of ether oxygens (including phenoxy) is 1. The van der Waals surface area contributed by atoms with Crippen molar-refractivity contribution in [3.8, 4) is 5.75 Å². The molecule has 0 amide bonds. The van der Waals surface area contributed by atoms with E-state index in [1.807, 2.05) is 6.20 Å². The van der Waals surface area contributed by atoms with Crippen LogP contribution in [-0.4, -0.2) is 11.0 Å². The predicted octanol–water partition coefficient (Wildman–Crippen LogP) is 3.89. The molecule has 1 N–H and O–H groups in total. The van der Waals surface area contributed by atoms with Gasteiger partial charge in [-0.05, 0) is 37.1 Å². The first-order valence-electron chi connectivity index (χ1n) is 7.35. The molecule has 0 unspecified atom stereocenters. The second kappa shape index (κ2) is 7.00. The Labute approximate surface area is 128 Å². The van der Waals surface area contributed by atoms with Crippen LogP contribution in [0, 0.1) is 5.82 Å². The normalized spacial score (nSPS) is 15.5. The average molecular weight is 306 g/mol. The molecule has 1 heterocycles. The van der Waals surface area contributed by atoms with Crippen molar-refractivity contribution in [2.24, 2.45) is 0 Å². The third-order valence-corrected chi connectivity index (χ3v) is 4.67. The smallest absolute Gasteiger partial charge is 0.140 e. The summed E-state index contributed by atoms with van der Waals surface area (Å²) in [5.74, 6) is 0.411. The Kier molecular flexibility index (Phi) is 4.83. The molecule has 1 saturated carbocycles. The lowest BCUT2D eigenvalue weighted by molar-refractivity contribution is 0.305. The first-order valence-corrected chi connectivity index (χ1v) is 8.16. The Balaban J connectivity index is 1.46. The highest BCUT2D eigenvalue weighted by Crippen LogP contribution is 2.20. The lowest BCUT2D eigenvalue weighted by Gasteiger charge is -2.09. The molecule has 0 aliphatic heterocycles. The van der Waals surface area contributed by atoms with E-state index >= 15 is 0 Å². The highest BCUT2D eigenvalue weighted by atomic mass is 32.1. The number of hydrogen-bond acceptors (Lipinski definition) is 4. The lowest BCUT2D eigenvalue weighted by Crippen LogP contribution is -2.24. The molecular weight excluding hydrogens is 287 g/mol. The van der Waals surface area contributed by atoms with Gasteiger partial charge in [-0.15, -0.1) is 11.3 Å². The number of aromatic nitrogens is 1. The van der Waals surface area contributed by atoms with Gasteiger partial charge in [0.2, 0.25) is 0 Å². The minimum absolute atomic E-state index is 0.253. The molecule has 1 fully saturated rings. The summed E-state index contributed by atoms with van der Waals surface area (Å²) < 4.78 is 18.4. The van der Waals surface area contributed by atoms with Crippen LogP contribution >= 0.6 is 11.3 Å². The Morgan fingerprint density at radius 3 is 2.76 bits per heavy atom. The summed E-state index contributed by atoms with van der Waals surface area (Å²) in [5.41, 5.74) is 0. The highest BCUT2D eigenvalue weighted by molar-refractivity contribution is 7.11. The Bertz CT molecular complexity index is 564. The SMILES string of the molecule is Fc1ccc(OCc2ncc(CNC3CCCC3)s2)cc1. The Morgan fingerprint density at radius 1 is 1.24 bits per heavy atom. The largest absolute Gasteiger partial charge is 0.486 e. The van der Waals surface area contributed by atoms with E-state index in [1.165, 1.54) is 42.7 Å². The molecule has 1 aromatic carbocycles. The van der Waals surface area contributed by atoms with Gasteiger partial charge in [0, 0.05) is 23.7 Å². The first kappa shape index (κ1) is 14.5. The van der Waals surface area contributed by atoms with Crippen LogP contribution in [0.2, 0.25) is 0 Å². The summed E-state index contributed by atoms with van der Waals surface area (Å²) >= 11 is 1.67. The topological polar surface area (TPSA) is 34.1 Å². The molecule has 0 bridgehead atoms. The molecule has 3 rings (SSSR count). The van der Waals surface area contributed by atoms with Crippen molar-refractivity contribution in [1.29, 1.82) is 0 Å². The monoisotopic (exact) mass is 306 g/mol. The molecule has 5 heteroatoms. The van der Waals surface area contributed by atoms with Gasteiger partial charge in [-0.25, -0.2) is 9.37 Å². The molecule has 0 spiro atoms. The number of halogens is 1. The van der Waals surface area contributed by atoms with Crippen LogP contribution in [0.15, 0.2) is 30.5 Å². The van der Waals surface area contributed by atoms with Crippen molar-refractivity contribution >= 4 is 11.3 Å². The molecule has 21 heavy (non-hydrogen) atoms. The van der Waals surface area contributed by atoms with Gasteiger partial charge in [-0.3, -0.25) is 0 Å². The van der Waals surface area contributed by atoms with E-state index in [2.05, 4.69) is 10.3 Å². The molecule has 1 aromatic heterocycles. The van der Waals surface area contributed by atoms with E-state index in [-0.39, 0.29) is 5.82 Å². The Hall–Kier alpha value is -1.46. The Morgan fingerprint density at radius 2 is 2.00 bits per heavy atom. The maximum absolute atomic E-state index is 12.8. The minimum Gasteiger partial charge on any atom is -0.486 e. The van der Waals surface area contributed by atoms with E-state index < -0.39 is 0 Å². The van der Waals surface area contributed by atoms with Crippen LogP contribution in [-0.2, 0) is 13.2 Å². The molecule has 0 atom stereocenters. The minimum atomic E-state index is -0.253. The number of benzene rings is 1. The molecule has 112 valence electrons. The molecular formula is C16H19FN2OS. The number of nitrogens with one attached hydrogen (secondary N) is 1. The van der Waals surface area contributed by atoms with E-state index in [0.29, 0.717) is 18.4 Å². The van der Waals surface area contributed by atoms with Gasteiger partial charge in [-0.1, -0.05) is 12.8 Å². The predicted molar refractivity (Wildman–Crippen MR) is 81.9 cm³/mol. The van der Waals surface area contributed by atoms with Gasteiger partial charge >= 0.3 is 0 Å². The van der Waals surface area contributed by atoms with Gasteiger partial charge in [0.1, 0.15) is 23.2 Å².